The summed E-state index contributed by atoms with van der Waals surface area (Å²) in [5.41, 5.74) is 1.82. The van der Waals surface area contributed by atoms with Crippen LogP contribution in [0.4, 0.5) is 5.69 Å². The van der Waals surface area contributed by atoms with E-state index in [-0.39, 0.29) is 30.1 Å². The highest BCUT2D eigenvalue weighted by Crippen LogP contribution is 2.31. The summed E-state index contributed by atoms with van der Waals surface area (Å²) in [5, 5.41) is 5.16. The Morgan fingerprint density at radius 1 is 1.00 bits per heavy atom. The number of nitrogens with zero attached hydrogens (tertiary/aromatic N) is 1. The van der Waals surface area contributed by atoms with Crippen molar-refractivity contribution >= 4 is 34.6 Å². The molecule has 6 nitrogen and oxygen atoms in total. The van der Waals surface area contributed by atoms with Crippen LogP contribution in [0.2, 0.25) is 0 Å². The smallest absolute Gasteiger partial charge is 0.248 e. The highest BCUT2D eigenvalue weighted by atomic mass is 32.1. The van der Waals surface area contributed by atoms with Crippen molar-refractivity contribution in [1.82, 2.24) is 5.32 Å². The first-order valence-corrected chi connectivity index (χ1v) is 13.2. The molecular weight excluding hydrogens is 472 g/mol. The average Bonchev–Trinajstić information content (AvgIpc) is 3.41. The van der Waals surface area contributed by atoms with Crippen LogP contribution in [-0.4, -0.2) is 30.7 Å². The van der Waals surface area contributed by atoms with E-state index in [0.717, 1.165) is 30.6 Å². The molecule has 1 saturated carbocycles. The van der Waals surface area contributed by atoms with Gasteiger partial charge in [0.05, 0.1) is 13.5 Å². The van der Waals surface area contributed by atoms with Gasteiger partial charge >= 0.3 is 0 Å². The Bertz CT molecular complexity index is 1170. The standard InChI is InChI=1S/C29H32N2O4S/c1-20(32)21-10-14-24(15-11-21)31(27(33)19-26-9-6-18-36-26)28(22-12-16-25(35-2)17-13-22)29(34)30-23-7-4-3-5-8-23/h6,9-18,23,28H,3-5,7-8,19H2,1-2H3,(H,30,34)/t28-/m0/s1. The zero-order valence-corrected chi connectivity index (χ0v) is 21.6. The average molecular weight is 505 g/mol. The first kappa shape index (κ1) is 25.6. The number of methoxy groups -OCH3 is 1. The third-order valence-electron chi connectivity index (χ3n) is 6.62. The van der Waals surface area contributed by atoms with Crippen LogP contribution in [0.15, 0.2) is 66.0 Å². The van der Waals surface area contributed by atoms with Crippen molar-refractivity contribution < 1.29 is 19.1 Å². The van der Waals surface area contributed by atoms with Gasteiger partial charge in [0, 0.05) is 22.2 Å². The van der Waals surface area contributed by atoms with Gasteiger partial charge in [-0.3, -0.25) is 19.3 Å². The molecule has 0 bridgehead atoms. The minimum absolute atomic E-state index is 0.0558. The van der Waals surface area contributed by atoms with E-state index in [1.807, 2.05) is 29.6 Å². The molecule has 2 aromatic carbocycles. The Balaban J connectivity index is 1.75. The molecule has 1 aliphatic rings. The predicted molar refractivity (Wildman–Crippen MR) is 143 cm³/mol. The van der Waals surface area contributed by atoms with Crippen molar-refractivity contribution in [2.75, 3.05) is 12.0 Å². The maximum atomic E-state index is 13.9. The summed E-state index contributed by atoms with van der Waals surface area (Å²) in [6.07, 6.45) is 5.42. The number of thiophene rings is 1. The number of ketones is 1. The third kappa shape index (κ3) is 6.21. The van der Waals surface area contributed by atoms with Crippen molar-refractivity contribution in [3.8, 4) is 5.75 Å². The fourth-order valence-corrected chi connectivity index (χ4v) is 5.37. The molecule has 0 saturated heterocycles. The molecule has 7 heteroatoms. The Hall–Kier alpha value is -3.45. The number of amides is 2. The van der Waals surface area contributed by atoms with Crippen LogP contribution < -0.4 is 15.0 Å². The van der Waals surface area contributed by atoms with Gasteiger partial charge in [-0.15, -0.1) is 11.3 Å². The van der Waals surface area contributed by atoms with Crippen molar-refractivity contribution in [2.24, 2.45) is 0 Å². The second kappa shape index (κ2) is 12.0. The van der Waals surface area contributed by atoms with E-state index in [2.05, 4.69) is 5.32 Å². The van der Waals surface area contributed by atoms with Crippen molar-refractivity contribution in [2.45, 2.75) is 57.5 Å². The topological polar surface area (TPSA) is 75.7 Å². The molecule has 188 valence electrons. The lowest BCUT2D eigenvalue weighted by atomic mass is 9.94. The number of rotatable bonds is 9. The van der Waals surface area contributed by atoms with Crippen molar-refractivity contribution in [1.29, 1.82) is 0 Å². The van der Waals surface area contributed by atoms with E-state index in [0.29, 0.717) is 22.6 Å². The Morgan fingerprint density at radius 2 is 1.69 bits per heavy atom. The number of benzene rings is 2. The number of nitrogens with one attached hydrogen (secondary N) is 1. The summed E-state index contributed by atoms with van der Waals surface area (Å²) >= 11 is 1.51. The van der Waals surface area contributed by atoms with Gasteiger partial charge in [-0.1, -0.05) is 37.5 Å². The lowest BCUT2D eigenvalue weighted by molar-refractivity contribution is -0.127. The molecule has 1 N–H and O–H groups in total. The molecule has 1 aliphatic carbocycles. The van der Waals surface area contributed by atoms with Crippen molar-refractivity contribution in [3.05, 3.63) is 82.0 Å². The maximum absolute atomic E-state index is 13.9. The molecule has 0 radical (unpaired) electrons. The summed E-state index contributed by atoms with van der Waals surface area (Å²) in [6.45, 7) is 1.51. The summed E-state index contributed by atoms with van der Waals surface area (Å²) < 4.78 is 5.32. The molecule has 1 atom stereocenters. The summed E-state index contributed by atoms with van der Waals surface area (Å²) in [7, 11) is 1.59. The number of ether oxygens (including phenoxy) is 1. The van der Waals surface area contributed by atoms with Gasteiger partial charge in [-0.2, -0.15) is 0 Å². The SMILES string of the molecule is COc1ccc([C@@H](C(=O)NC2CCCCC2)N(C(=O)Cc2cccs2)c2ccc(C(C)=O)cc2)cc1. The van der Waals surface area contributed by atoms with Crippen LogP contribution in [0.5, 0.6) is 5.75 Å². The maximum Gasteiger partial charge on any atom is 0.248 e. The monoisotopic (exact) mass is 504 g/mol. The number of carbonyl (C=O) groups excluding carboxylic acids is 3. The Kier molecular flexibility index (Phi) is 8.54. The summed E-state index contributed by atoms with van der Waals surface area (Å²) in [5.74, 6) is 0.224. The van der Waals surface area contributed by atoms with Crippen LogP contribution in [0, 0.1) is 0 Å². The van der Waals surface area contributed by atoms with Crippen LogP contribution in [0.3, 0.4) is 0 Å². The van der Waals surface area contributed by atoms with Gasteiger partial charge in [0.15, 0.2) is 5.78 Å². The quantitative estimate of drug-likeness (QED) is 0.378. The Labute approximate surface area is 216 Å². The zero-order chi connectivity index (χ0) is 25.5. The summed E-state index contributed by atoms with van der Waals surface area (Å²) in [4.78, 5) is 42.1. The lowest BCUT2D eigenvalue weighted by Crippen LogP contribution is -2.47. The highest BCUT2D eigenvalue weighted by molar-refractivity contribution is 7.10. The number of hydrogen-bond acceptors (Lipinski definition) is 5. The fourth-order valence-electron chi connectivity index (χ4n) is 4.67. The molecular formula is C29H32N2O4S. The second-order valence-corrected chi connectivity index (χ2v) is 10.2. The second-order valence-electron chi connectivity index (χ2n) is 9.14. The predicted octanol–water partition coefficient (Wildman–Crippen LogP) is 5.73. The van der Waals surface area contributed by atoms with E-state index in [1.54, 1.807) is 48.4 Å². The van der Waals surface area contributed by atoms with Gasteiger partial charge in [0.25, 0.3) is 0 Å². The number of hydrogen-bond donors (Lipinski definition) is 1. The fraction of sp³-hybridized carbons (Fsp3) is 0.345. The minimum Gasteiger partial charge on any atom is -0.497 e. The zero-order valence-electron chi connectivity index (χ0n) is 20.7. The first-order chi connectivity index (χ1) is 17.5. The highest BCUT2D eigenvalue weighted by Gasteiger charge is 2.34. The van der Waals surface area contributed by atoms with Crippen LogP contribution in [0.25, 0.3) is 0 Å². The molecule has 0 spiro atoms. The van der Waals surface area contributed by atoms with E-state index in [4.69, 9.17) is 4.74 Å². The molecule has 1 aromatic heterocycles. The largest absolute Gasteiger partial charge is 0.497 e. The molecule has 0 unspecified atom stereocenters. The van der Waals surface area contributed by atoms with Gasteiger partial charge in [0.1, 0.15) is 11.8 Å². The van der Waals surface area contributed by atoms with Crippen molar-refractivity contribution in [3.63, 3.8) is 0 Å². The van der Waals surface area contributed by atoms with E-state index in [1.165, 1.54) is 24.7 Å². The van der Waals surface area contributed by atoms with Gasteiger partial charge in [0.2, 0.25) is 11.8 Å². The van der Waals surface area contributed by atoms with Crippen LogP contribution >= 0.6 is 11.3 Å². The number of Topliss-reactive ketones (excluding diaryl/α,β-unsaturated/α-hetero) is 1. The van der Waals surface area contributed by atoms with Crippen LogP contribution in [0.1, 0.15) is 65.9 Å². The molecule has 36 heavy (non-hydrogen) atoms. The minimum atomic E-state index is -0.867. The van der Waals surface area contributed by atoms with E-state index in [9.17, 15) is 14.4 Å². The first-order valence-electron chi connectivity index (χ1n) is 12.4. The number of carbonyl (C=O) groups is 3. The molecule has 1 heterocycles. The molecule has 3 aromatic rings. The lowest BCUT2D eigenvalue weighted by Gasteiger charge is -2.33. The third-order valence-corrected chi connectivity index (χ3v) is 7.49. The number of anilines is 1. The van der Waals surface area contributed by atoms with Crippen LogP contribution in [-0.2, 0) is 16.0 Å². The molecule has 2 amide bonds. The Morgan fingerprint density at radius 3 is 2.28 bits per heavy atom. The van der Waals surface area contributed by atoms with Gasteiger partial charge in [-0.05, 0) is 73.2 Å². The van der Waals surface area contributed by atoms with E-state index < -0.39 is 6.04 Å². The summed E-state index contributed by atoms with van der Waals surface area (Å²) in [6, 6.07) is 17.2. The van der Waals surface area contributed by atoms with E-state index >= 15 is 0 Å². The molecule has 4 rings (SSSR count). The normalized spacial score (nSPS) is 14.6. The van der Waals surface area contributed by atoms with Gasteiger partial charge in [-0.25, -0.2) is 0 Å². The molecule has 1 fully saturated rings. The van der Waals surface area contributed by atoms with Gasteiger partial charge < -0.3 is 10.1 Å². The molecule has 0 aliphatic heterocycles.